The maximum atomic E-state index is 14.6. The molecule has 2 N–H and O–H groups in total. The van der Waals surface area contributed by atoms with E-state index in [1.165, 1.54) is 12.3 Å². The molecule has 0 amide bonds. The molecule has 11 heteroatoms. The summed E-state index contributed by atoms with van der Waals surface area (Å²) < 4.78 is 56.0. The summed E-state index contributed by atoms with van der Waals surface area (Å²) in [6.45, 7) is 2.45. The Bertz CT molecular complexity index is 1160. The Morgan fingerprint density at radius 3 is 2.71 bits per heavy atom. The van der Waals surface area contributed by atoms with Gasteiger partial charge in [-0.05, 0) is 52.0 Å². The second kappa shape index (κ2) is 10.2. The first-order valence-corrected chi connectivity index (χ1v) is 12.8. The molecule has 1 heterocycles. The van der Waals surface area contributed by atoms with E-state index in [-0.39, 0.29) is 27.6 Å². The molecule has 3 aromatic rings. The lowest BCUT2D eigenvalue weighted by atomic mass is 9.96. The zero-order valence-electron chi connectivity index (χ0n) is 16.3. The second-order valence-corrected chi connectivity index (χ2v) is 10.5. The summed E-state index contributed by atoms with van der Waals surface area (Å²) in [4.78, 5) is 3.27. The van der Waals surface area contributed by atoms with Crippen molar-refractivity contribution in [2.75, 3.05) is 16.6 Å². The van der Waals surface area contributed by atoms with Gasteiger partial charge in [-0.2, -0.15) is 0 Å². The number of nitrogens with zero attached hydrogens (tertiary/aromatic N) is 1. The van der Waals surface area contributed by atoms with E-state index >= 15 is 0 Å². The Balaban J connectivity index is 1.73. The molecule has 0 unspecified atom stereocenters. The number of thiazole rings is 1. The van der Waals surface area contributed by atoms with Crippen molar-refractivity contribution in [3.8, 4) is 0 Å². The predicted molar refractivity (Wildman–Crippen MR) is 124 cm³/mol. The Morgan fingerprint density at radius 1 is 1.26 bits per heavy atom. The monoisotopic (exact) mass is 549 g/mol. The van der Waals surface area contributed by atoms with E-state index in [0.717, 1.165) is 35.5 Å². The van der Waals surface area contributed by atoms with Crippen LogP contribution in [0.3, 0.4) is 0 Å². The van der Waals surface area contributed by atoms with Crippen LogP contribution in [-0.4, -0.2) is 19.9 Å². The van der Waals surface area contributed by atoms with Gasteiger partial charge in [-0.1, -0.05) is 37.1 Å². The fourth-order valence-electron chi connectivity index (χ4n) is 2.95. The van der Waals surface area contributed by atoms with Gasteiger partial charge in [0.25, 0.3) is 10.0 Å². The van der Waals surface area contributed by atoms with Crippen molar-refractivity contribution in [3.05, 3.63) is 68.6 Å². The Kier molecular flexibility index (Phi) is 7.90. The van der Waals surface area contributed by atoms with Gasteiger partial charge in [0.2, 0.25) is 0 Å². The summed E-state index contributed by atoms with van der Waals surface area (Å²) in [5, 5.41) is 4.88. The van der Waals surface area contributed by atoms with Gasteiger partial charge in [0.1, 0.15) is 16.5 Å². The van der Waals surface area contributed by atoms with Crippen LogP contribution in [0.1, 0.15) is 18.9 Å². The van der Waals surface area contributed by atoms with Crippen molar-refractivity contribution < 1.29 is 17.2 Å². The number of sulfonamides is 1. The summed E-state index contributed by atoms with van der Waals surface area (Å²) in [7, 11) is -4.17. The molecule has 0 aliphatic heterocycles. The van der Waals surface area contributed by atoms with Crippen molar-refractivity contribution >= 4 is 59.7 Å². The molecule has 0 saturated heterocycles. The third kappa shape index (κ3) is 5.94. The summed E-state index contributed by atoms with van der Waals surface area (Å²) in [6.07, 6.45) is 2.83. The minimum atomic E-state index is -4.17. The van der Waals surface area contributed by atoms with Crippen molar-refractivity contribution in [1.82, 2.24) is 4.98 Å². The standard InChI is InChI=1S/C20H19BrClF2N3O2S2/c1-2-12(8-13-4-3-5-15(23)19(13)21)11-26-17-10-16(24)18(9-14(17)22)31(28,29)27-20-25-6-7-30-20/h3-7,9-10,12,26H,2,8,11H2,1H3,(H,25,27)/t12-/m0/s1. The zero-order chi connectivity index (χ0) is 22.6. The predicted octanol–water partition coefficient (Wildman–Crippen LogP) is 6.32. The van der Waals surface area contributed by atoms with Crippen LogP contribution in [0, 0.1) is 17.6 Å². The minimum Gasteiger partial charge on any atom is -0.383 e. The topological polar surface area (TPSA) is 71.1 Å². The smallest absolute Gasteiger partial charge is 0.266 e. The van der Waals surface area contributed by atoms with Crippen LogP contribution in [0.25, 0.3) is 0 Å². The molecule has 5 nitrogen and oxygen atoms in total. The number of aromatic nitrogens is 1. The number of benzene rings is 2. The maximum absolute atomic E-state index is 14.6. The largest absolute Gasteiger partial charge is 0.383 e. The zero-order valence-corrected chi connectivity index (χ0v) is 20.3. The van der Waals surface area contributed by atoms with Crippen molar-refractivity contribution in [2.24, 2.45) is 5.92 Å². The first-order valence-electron chi connectivity index (χ1n) is 9.29. The fraction of sp³-hybridized carbons (Fsp3) is 0.250. The Labute approximate surface area is 197 Å². The van der Waals surface area contributed by atoms with Crippen molar-refractivity contribution in [1.29, 1.82) is 0 Å². The average Bonchev–Trinajstić information content (AvgIpc) is 3.22. The van der Waals surface area contributed by atoms with Gasteiger partial charge in [-0.25, -0.2) is 22.2 Å². The molecule has 0 aliphatic rings. The first kappa shape index (κ1) is 23.9. The van der Waals surface area contributed by atoms with Crippen LogP contribution in [0.4, 0.5) is 19.6 Å². The van der Waals surface area contributed by atoms with Crippen LogP contribution in [0.15, 0.2) is 51.3 Å². The number of hydrogen-bond acceptors (Lipinski definition) is 5. The molecule has 2 aromatic carbocycles. The third-order valence-corrected chi connectivity index (χ3v) is 8.04. The molecule has 0 saturated carbocycles. The van der Waals surface area contributed by atoms with Crippen LogP contribution in [-0.2, 0) is 16.4 Å². The highest BCUT2D eigenvalue weighted by Crippen LogP contribution is 2.30. The summed E-state index contributed by atoms with van der Waals surface area (Å²) >= 11 is 10.6. The molecular weight excluding hydrogens is 532 g/mol. The third-order valence-electron chi connectivity index (χ3n) is 4.66. The molecule has 0 radical (unpaired) electrons. The molecule has 0 aliphatic carbocycles. The van der Waals surface area contributed by atoms with Gasteiger partial charge in [-0.3, -0.25) is 4.72 Å². The SMILES string of the molecule is CC[C@H](CNc1cc(F)c(S(=O)(=O)Nc2nccs2)cc1Cl)Cc1cccc(F)c1Br. The van der Waals surface area contributed by atoms with Gasteiger partial charge >= 0.3 is 0 Å². The van der Waals surface area contributed by atoms with Crippen LogP contribution >= 0.6 is 38.9 Å². The fourth-order valence-corrected chi connectivity index (χ4v) is 5.54. The van der Waals surface area contributed by atoms with E-state index in [1.807, 2.05) is 13.0 Å². The number of hydrogen-bond donors (Lipinski definition) is 2. The lowest BCUT2D eigenvalue weighted by Gasteiger charge is -2.19. The molecule has 0 spiro atoms. The number of rotatable bonds is 9. The molecule has 166 valence electrons. The van der Waals surface area contributed by atoms with Gasteiger partial charge < -0.3 is 5.32 Å². The molecule has 3 rings (SSSR count). The van der Waals surface area contributed by atoms with Gasteiger partial charge in [0.15, 0.2) is 5.13 Å². The van der Waals surface area contributed by atoms with Gasteiger partial charge in [0, 0.05) is 18.1 Å². The van der Waals surface area contributed by atoms with E-state index in [0.29, 0.717) is 17.4 Å². The maximum Gasteiger partial charge on any atom is 0.266 e. The first-order chi connectivity index (χ1) is 14.7. The van der Waals surface area contributed by atoms with E-state index in [4.69, 9.17) is 11.6 Å². The number of anilines is 2. The number of nitrogens with one attached hydrogen (secondary N) is 2. The average molecular weight is 551 g/mol. The van der Waals surface area contributed by atoms with E-state index < -0.39 is 20.7 Å². The van der Waals surface area contributed by atoms with Crippen molar-refractivity contribution in [3.63, 3.8) is 0 Å². The molecule has 1 atom stereocenters. The molecular formula is C20H19BrClF2N3O2S2. The van der Waals surface area contributed by atoms with Gasteiger partial charge in [0.05, 0.1) is 15.2 Å². The molecule has 1 aromatic heterocycles. The highest BCUT2D eigenvalue weighted by molar-refractivity contribution is 9.10. The molecule has 0 fully saturated rings. The summed E-state index contributed by atoms with van der Waals surface area (Å²) in [5.74, 6) is -1.14. The molecule has 0 bridgehead atoms. The normalized spacial score (nSPS) is 12.5. The van der Waals surface area contributed by atoms with Gasteiger partial charge in [-0.15, -0.1) is 11.3 Å². The Hall–Kier alpha value is -1.75. The van der Waals surface area contributed by atoms with E-state index in [9.17, 15) is 17.2 Å². The number of halogens is 4. The van der Waals surface area contributed by atoms with E-state index in [1.54, 1.807) is 11.4 Å². The summed E-state index contributed by atoms with van der Waals surface area (Å²) in [6, 6.07) is 7.01. The van der Waals surface area contributed by atoms with Crippen LogP contribution in [0.2, 0.25) is 5.02 Å². The Morgan fingerprint density at radius 2 is 2.03 bits per heavy atom. The van der Waals surface area contributed by atoms with Crippen molar-refractivity contribution in [2.45, 2.75) is 24.7 Å². The highest BCUT2D eigenvalue weighted by Gasteiger charge is 2.23. The second-order valence-electron chi connectivity index (χ2n) is 6.78. The van der Waals surface area contributed by atoms with Crippen LogP contribution < -0.4 is 10.0 Å². The summed E-state index contributed by atoms with van der Waals surface area (Å²) in [5.41, 5.74) is 1.12. The van der Waals surface area contributed by atoms with Crippen LogP contribution in [0.5, 0.6) is 0 Å². The lowest BCUT2D eigenvalue weighted by molar-refractivity contribution is 0.528. The van der Waals surface area contributed by atoms with E-state index in [2.05, 4.69) is 31.0 Å². The quantitative estimate of drug-likeness (QED) is 0.327. The lowest BCUT2D eigenvalue weighted by Crippen LogP contribution is -2.18. The highest BCUT2D eigenvalue weighted by atomic mass is 79.9. The minimum absolute atomic E-state index is 0.0719. The molecule has 31 heavy (non-hydrogen) atoms.